The minimum Gasteiger partial charge on any atom is -0.495 e. The summed E-state index contributed by atoms with van der Waals surface area (Å²) in [5.74, 6) is -1.99. The number of carbonyl (C=O) groups excluding carboxylic acids is 2. The fourth-order valence-electron chi connectivity index (χ4n) is 4.43. The van der Waals surface area contributed by atoms with Crippen LogP contribution in [0.4, 0.5) is 23.2 Å². The molecule has 1 atom stereocenters. The van der Waals surface area contributed by atoms with Gasteiger partial charge in [-0.25, -0.2) is 9.07 Å². The molecule has 0 aliphatic heterocycles. The molecule has 0 aliphatic rings. The van der Waals surface area contributed by atoms with Crippen molar-refractivity contribution < 1.29 is 31.9 Å². The fourth-order valence-corrected chi connectivity index (χ4v) is 4.60. The zero-order valence-electron chi connectivity index (χ0n) is 23.9. The van der Waals surface area contributed by atoms with E-state index in [2.05, 4.69) is 20.9 Å². The molecular weight excluding hydrogens is 608 g/mol. The molecule has 2 amide bonds. The largest absolute Gasteiger partial charge is 0.495 e. The first-order valence-electron chi connectivity index (χ1n) is 13.2. The fraction of sp³-hybridized carbons (Fsp3) is 0.276. The highest BCUT2D eigenvalue weighted by Crippen LogP contribution is 2.36. The van der Waals surface area contributed by atoms with E-state index in [0.29, 0.717) is 6.20 Å². The van der Waals surface area contributed by atoms with E-state index in [9.17, 15) is 31.9 Å². The Morgan fingerprint density at radius 2 is 1.80 bits per heavy atom. The van der Waals surface area contributed by atoms with Gasteiger partial charge >= 0.3 is 6.18 Å². The van der Waals surface area contributed by atoms with Crippen LogP contribution in [0.15, 0.2) is 59.7 Å². The topological polar surface area (TPSA) is 120 Å². The Hall–Kier alpha value is -4.72. The van der Waals surface area contributed by atoms with Gasteiger partial charge in [-0.15, -0.1) is 5.10 Å². The first-order chi connectivity index (χ1) is 20.7. The number of hydrogen-bond acceptors (Lipinski definition) is 6. The number of nitrogens with zero attached hydrogens (tertiary/aromatic N) is 4. The summed E-state index contributed by atoms with van der Waals surface area (Å²) >= 11 is 6.20. The molecule has 15 heteroatoms. The van der Waals surface area contributed by atoms with Crippen molar-refractivity contribution in [3.63, 3.8) is 0 Å². The molecule has 232 valence electrons. The molecule has 2 heterocycles. The summed E-state index contributed by atoms with van der Waals surface area (Å²) < 4.78 is 61.7. The van der Waals surface area contributed by atoms with Crippen molar-refractivity contribution in [3.05, 3.63) is 87.3 Å². The van der Waals surface area contributed by atoms with Crippen LogP contribution < -0.4 is 20.9 Å². The molecule has 2 N–H and O–H groups in total. The number of alkyl halides is 3. The number of amides is 2. The van der Waals surface area contributed by atoms with E-state index in [1.807, 2.05) is 0 Å². The number of methoxy groups -OCH3 is 1. The zero-order chi connectivity index (χ0) is 32.3. The van der Waals surface area contributed by atoms with E-state index in [4.69, 9.17) is 16.3 Å². The highest BCUT2D eigenvalue weighted by Gasteiger charge is 2.35. The van der Waals surface area contributed by atoms with Gasteiger partial charge in [0.15, 0.2) is 5.69 Å². The lowest BCUT2D eigenvalue weighted by atomic mass is 10.0. The molecule has 0 saturated heterocycles. The normalized spacial score (nSPS) is 12.2. The quantitative estimate of drug-likeness (QED) is 0.230. The molecule has 0 aliphatic carbocycles. The highest BCUT2D eigenvalue weighted by molar-refractivity contribution is 6.31. The predicted octanol–water partition coefficient (Wildman–Crippen LogP) is 5.64. The highest BCUT2D eigenvalue weighted by atomic mass is 35.5. The summed E-state index contributed by atoms with van der Waals surface area (Å²) in [5, 5.41) is 12.1. The van der Waals surface area contributed by atoms with Crippen molar-refractivity contribution in [2.75, 3.05) is 12.4 Å². The van der Waals surface area contributed by atoms with Crippen LogP contribution >= 0.6 is 11.6 Å². The molecule has 2 aromatic carbocycles. The van der Waals surface area contributed by atoms with E-state index < -0.39 is 41.1 Å². The van der Waals surface area contributed by atoms with E-state index in [1.165, 1.54) is 43.6 Å². The van der Waals surface area contributed by atoms with Crippen LogP contribution in [-0.2, 0) is 11.0 Å². The number of aromatic nitrogens is 4. The third-order valence-corrected chi connectivity index (χ3v) is 6.70. The average Bonchev–Trinajstić information content (AvgIpc) is 3.45. The number of anilines is 1. The van der Waals surface area contributed by atoms with Gasteiger partial charge < -0.3 is 15.4 Å². The Morgan fingerprint density at radius 3 is 2.39 bits per heavy atom. The second-order valence-electron chi connectivity index (χ2n) is 9.94. The molecule has 2 aromatic heterocycles. The van der Waals surface area contributed by atoms with Crippen LogP contribution in [0.25, 0.3) is 16.8 Å². The maximum Gasteiger partial charge on any atom is 0.436 e. The summed E-state index contributed by atoms with van der Waals surface area (Å²) in [4.78, 5) is 38.8. The maximum atomic E-state index is 14.7. The van der Waals surface area contributed by atoms with Gasteiger partial charge in [-0.3, -0.25) is 19.0 Å². The van der Waals surface area contributed by atoms with Gasteiger partial charge in [0.1, 0.15) is 17.6 Å². The Labute approximate surface area is 253 Å². The molecule has 0 saturated carbocycles. The predicted molar refractivity (Wildman–Crippen MR) is 155 cm³/mol. The van der Waals surface area contributed by atoms with Gasteiger partial charge in [0.05, 0.1) is 30.8 Å². The Balaban J connectivity index is 1.69. The zero-order valence-corrected chi connectivity index (χ0v) is 24.6. The molecule has 4 rings (SSSR count). The second kappa shape index (κ2) is 12.9. The maximum absolute atomic E-state index is 14.7. The number of benzene rings is 2. The number of carbonyl (C=O) groups is 2. The van der Waals surface area contributed by atoms with Crippen molar-refractivity contribution >= 4 is 29.1 Å². The molecule has 0 radical (unpaired) electrons. The van der Waals surface area contributed by atoms with Gasteiger partial charge in [-0.1, -0.05) is 23.7 Å². The van der Waals surface area contributed by atoms with Crippen molar-refractivity contribution in [2.45, 2.75) is 45.5 Å². The first-order valence-corrected chi connectivity index (χ1v) is 13.6. The minimum atomic E-state index is -4.73. The Morgan fingerprint density at radius 1 is 1.07 bits per heavy atom. The number of halogens is 5. The molecule has 0 fully saturated rings. The molecule has 0 spiro atoms. The number of rotatable bonds is 9. The first kappa shape index (κ1) is 32.2. The summed E-state index contributed by atoms with van der Waals surface area (Å²) in [7, 11) is 1.32. The van der Waals surface area contributed by atoms with Crippen LogP contribution in [0.3, 0.4) is 0 Å². The number of pyridine rings is 1. The van der Waals surface area contributed by atoms with E-state index >= 15 is 0 Å². The van der Waals surface area contributed by atoms with E-state index in [1.54, 1.807) is 20.8 Å². The van der Waals surface area contributed by atoms with Gasteiger partial charge in [-0.2, -0.15) is 13.2 Å². The lowest BCUT2D eigenvalue weighted by Gasteiger charge is -2.21. The Bertz CT molecular complexity index is 1770. The molecule has 0 bridgehead atoms. The molecular formula is C29H27ClF4N6O4. The molecule has 10 nitrogen and oxygen atoms in total. The van der Waals surface area contributed by atoms with Gasteiger partial charge in [0.2, 0.25) is 5.91 Å². The number of ether oxygens (including phenoxy) is 1. The smallest absolute Gasteiger partial charge is 0.436 e. The third-order valence-electron chi connectivity index (χ3n) is 6.47. The number of nitrogens with one attached hydrogen (secondary N) is 2. The van der Waals surface area contributed by atoms with Gasteiger partial charge in [-0.05, 0) is 56.7 Å². The van der Waals surface area contributed by atoms with E-state index in [0.717, 1.165) is 21.4 Å². The summed E-state index contributed by atoms with van der Waals surface area (Å²) in [6.07, 6.45) is -2.59. The van der Waals surface area contributed by atoms with Crippen molar-refractivity contribution in [3.8, 4) is 22.6 Å². The van der Waals surface area contributed by atoms with Crippen LogP contribution in [0, 0.1) is 5.82 Å². The molecule has 1 unspecified atom stereocenters. The lowest BCUT2D eigenvalue weighted by Crippen LogP contribution is -2.33. The SMILES string of the molecule is CCC(C(=O)Nc1ccc(C(=O)NC(C)C)c(F)c1)n1cc(OC)c(-c2cc(Cl)ccc2-n2cc(C(F)(F)F)nn2)cc1=O. The lowest BCUT2D eigenvalue weighted by molar-refractivity contribution is -0.141. The van der Waals surface area contributed by atoms with Crippen molar-refractivity contribution in [2.24, 2.45) is 0 Å². The van der Waals surface area contributed by atoms with E-state index in [-0.39, 0.29) is 51.3 Å². The van der Waals surface area contributed by atoms with Gasteiger partial charge in [0.25, 0.3) is 11.5 Å². The number of hydrogen-bond donors (Lipinski definition) is 2. The molecule has 4 aromatic rings. The van der Waals surface area contributed by atoms with Crippen molar-refractivity contribution in [1.82, 2.24) is 24.9 Å². The second-order valence-corrected chi connectivity index (χ2v) is 10.4. The third kappa shape index (κ3) is 6.91. The average molecular weight is 635 g/mol. The summed E-state index contributed by atoms with van der Waals surface area (Å²) in [6.45, 7) is 5.13. The van der Waals surface area contributed by atoms with Crippen LogP contribution in [0.2, 0.25) is 5.02 Å². The summed E-state index contributed by atoms with van der Waals surface area (Å²) in [5.41, 5.74) is -1.47. The van der Waals surface area contributed by atoms with Crippen molar-refractivity contribution in [1.29, 1.82) is 0 Å². The van der Waals surface area contributed by atoms with Crippen LogP contribution in [0.5, 0.6) is 5.75 Å². The minimum absolute atomic E-state index is 0.0679. The summed E-state index contributed by atoms with van der Waals surface area (Å²) in [6, 6.07) is 7.77. The van der Waals surface area contributed by atoms with Crippen LogP contribution in [0.1, 0.15) is 49.3 Å². The van der Waals surface area contributed by atoms with Gasteiger partial charge in [0, 0.05) is 33.9 Å². The Kier molecular flexibility index (Phi) is 9.42. The standard InChI is InChI=1S/C29H27ClF4N6O4/c1-5-22(28(43)36-17-7-8-18(21(31)11-17)27(42)35-15(2)3)39-13-24(44-4)20(12-26(39)41)19-10-16(30)6-9-23(19)40-14-25(37-38-40)29(32,33)34/h6-15,22H,5H2,1-4H3,(H,35,42)(H,36,43). The monoisotopic (exact) mass is 634 g/mol. The van der Waals surface area contributed by atoms with Crippen LogP contribution in [-0.4, -0.2) is 44.5 Å². The molecule has 44 heavy (non-hydrogen) atoms.